The molecule has 0 saturated carbocycles. The van der Waals surface area contributed by atoms with Crippen molar-refractivity contribution in [1.82, 2.24) is 9.88 Å². The number of aryl methyl sites for hydroxylation is 1. The van der Waals surface area contributed by atoms with Gasteiger partial charge in [-0.1, -0.05) is 42.5 Å². The van der Waals surface area contributed by atoms with Crippen molar-refractivity contribution in [2.75, 3.05) is 6.73 Å². The molecule has 5 rings (SSSR count). The molecule has 0 spiro atoms. The van der Waals surface area contributed by atoms with E-state index in [1.54, 1.807) is 0 Å². The van der Waals surface area contributed by atoms with Crippen LogP contribution in [0.25, 0.3) is 10.9 Å². The lowest BCUT2D eigenvalue weighted by Gasteiger charge is -2.38. The van der Waals surface area contributed by atoms with Crippen LogP contribution in [0, 0.1) is 0 Å². The topological polar surface area (TPSA) is 25.4 Å². The molecule has 1 unspecified atom stereocenters. The molecule has 1 aromatic heterocycles. The first-order valence-electron chi connectivity index (χ1n) is 8.69. The Morgan fingerprint density at radius 2 is 1.88 bits per heavy atom. The highest BCUT2D eigenvalue weighted by atomic mass is 16.5. The summed E-state index contributed by atoms with van der Waals surface area (Å²) >= 11 is 0. The molecule has 0 amide bonds. The van der Waals surface area contributed by atoms with Gasteiger partial charge in [0, 0.05) is 29.7 Å². The molecule has 0 bridgehead atoms. The number of ether oxygens (including phenoxy) is 1. The van der Waals surface area contributed by atoms with Crippen LogP contribution in [0.1, 0.15) is 23.1 Å². The monoisotopic (exact) mass is 316 g/mol. The minimum atomic E-state index is 0.562. The number of benzene rings is 2. The third-order valence-electron chi connectivity index (χ3n) is 5.40. The van der Waals surface area contributed by atoms with Gasteiger partial charge in [-0.15, -0.1) is 0 Å². The SMILES string of the molecule is c1ccc2c(c1)CCC(N1COc3c(ccc4cccnc34)C1)C2. The molecule has 3 aromatic rings. The zero-order chi connectivity index (χ0) is 15.9. The zero-order valence-corrected chi connectivity index (χ0v) is 13.6. The Kier molecular flexibility index (Phi) is 3.27. The lowest BCUT2D eigenvalue weighted by molar-refractivity contribution is 0.0510. The van der Waals surface area contributed by atoms with Crippen molar-refractivity contribution in [3.05, 3.63) is 71.4 Å². The largest absolute Gasteiger partial charge is 0.475 e. The first-order chi connectivity index (χ1) is 11.9. The molecule has 0 N–H and O–H groups in total. The average molecular weight is 316 g/mol. The Morgan fingerprint density at radius 3 is 2.83 bits per heavy atom. The van der Waals surface area contributed by atoms with Gasteiger partial charge in [-0.25, -0.2) is 0 Å². The normalized spacial score (nSPS) is 20.2. The van der Waals surface area contributed by atoms with Crippen LogP contribution >= 0.6 is 0 Å². The summed E-state index contributed by atoms with van der Waals surface area (Å²) in [5.74, 6) is 0.973. The Bertz CT molecular complexity index is 905. The van der Waals surface area contributed by atoms with Crippen LogP contribution in [0.2, 0.25) is 0 Å². The van der Waals surface area contributed by atoms with Crippen LogP contribution in [0.3, 0.4) is 0 Å². The van der Waals surface area contributed by atoms with E-state index in [9.17, 15) is 0 Å². The zero-order valence-electron chi connectivity index (χ0n) is 13.6. The maximum atomic E-state index is 6.15. The fraction of sp³-hybridized carbons (Fsp3) is 0.286. The van der Waals surface area contributed by atoms with Crippen molar-refractivity contribution in [3.63, 3.8) is 0 Å². The fourth-order valence-corrected chi connectivity index (χ4v) is 4.08. The van der Waals surface area contributed by atoms with Crippen LogP contribution in [-0.4, -0.2) is 22.7 Å². The Balaban J connectivity index is 1.42. The number of fused-ring (bicyclic) bond motifs is 4. The summed E-state index contributed by atoms with van der Waals surface area (Å²) in [6, 6.07) is 17.8. The predicted octanol–water partition coefficient (Wildman–Crippen LogP) is 3.94. The van der Waals surface area contributed by atoms with Gasteiger partial charge >= 0.3 is 0 Å². The van der Waals surface area contributed by atoms with Gasteiger partial charge in [0.25, 0.3) is 0 Å². The summed E-state index contributed by atoms with van der Waals surface area (Å²) < 4.78 is 6.15. The molecule has 0 fully saturated rings. The van der Waals surface area contributed by atoms with E-state index in [4.69, 9.17) is 4.74 Å². The Hall–Kier alpha value is -2.39. The first-order valence-corrected chi connectivity index (χ1v) is 8.69. The van der Waals surface area contributed by atoms with E-state index in [0.717, 1.165) is 29.6 Å². The van der Waals surface area contributed by atoms with Crippen molar-refractivity contribution >= 4 is 10.9 Å². The van der Waals surface area contributed by atoms with E-state index in [1.165, 1.54) is 29.5 Å². The second kappa shape index (κ2) is 5.60. The summed E-state index contributed by atoms with van der Waals surface area (Å²) in [5, 5.41) is 1.15. The van der Waals surface area contributed by atoms with Gasteiger partial charge in [0.15, 0.2) is 5.75 Å². The van der Waals surface area contributed by atoms with E-state index in [2.05, 4.69) is 52.3 Å². The maximum absolute atomic E-state index is 6.15. The minimum absolute atomic E-state index is 0.562. The second-order valence-corrected chi connectivity index (χ2v) is 6.81. The third-order valence-corrected chi connectivity index (χ3v) is 5.40. The van der Waals surface area contributed by atoms with E-state index in [1.807, 2.05) is 12.3 Å². The van der Waals surface area contributed by atoms with E-state index < -0.39 is 0 Å². The van der Waals surface area contributed by atoms with Gasteiger partial charge in [0.05, 0.1) is 0 Å². The quantitative estimate of drug-likeness (QED) is 0.680. The number of hydrogen-bond donors (Lipinski definition) is 0. The molecule has 3 nitrogen and oxygen atoms in total. The molecule has 24 heavy (non-hydrogen) atoms. The molecule has 0 radical (unpaired) electrons. The Morgan fingerprint density at radius 1 is 0.958 bits per heavy atom. The summed E-state index contributed by atoms with van der Waals surface area (Å²) in [7, 11) is 0. The van der Waals surface area contributed by atoms with Gasteiger partial charge < -0.3 is 4.74 Å². The van der Waals surface area contributed by atoms with Crippen LogP contribution < -0.4 is 4.74 Å². The standard InChI is InChI=1S/C21H20N2O/c1-2-5-17-12-19(10-9-15(17)4-1)23-13-18-8-7-16-6-3-11-22-20(16)21(18)24-14-23/h1-8,11,19H,9-10,12-14H2. The van der Waals surface area contributed by atoms with Gasteiger partial charge in [0.2, 0.25) is 0 Å². The molecule has 1 aliphatic carbocycles. The van der Waals surface area contributed by atoms with Crippen molar-refractivity contribution < 1.29 is 4.74 Å². The molecule has 120 valence electrons. The number of hydrogen-bond acceptors (Lipinski definition) is 3. The number of nitrogens with zero attached hydrogens (tertiary/aromatic N) is 2. The van der Waals surface area contributed by atoms with Crippen molar-refractivity contribution in [2.45, 2.75) is 31.8 Å². The lowest BCUT2D eigenvalue weighted by atomic mass is 9.87. The number of aromatic nitrogens is 1. The molecule has 1 atom stereocenters. The second-order valence-electron chi connectivity index (χ2n) is 6.81. The Labute approximate surface area is 141 Å². The number of rotatable bonds is 1. The smallest absolute Gasteiger partial charge is 0.152 e. The van der Waals surface area contributed by atoms with Crippen molar-refractivity contribution in [2.24, 2.45) is 0 Å². The third kappa shape index (κ3) is 2.28. The summed E-state index contributed by atoms with van der Waals surface area (Å²) in [5.41, 5.74) is 5.26. The highest BCUT2D eigenvalue weighted by Crippen LogP contribution is 2.34. The fourth-order valence-electron chi connectivity index (χ4n) is 4.08. The molecule has 2 heterocycles. The van der Waals surface area contributed by atoms with E-state index in [-0.39, 0.29) is 0 Å². The minimum Gasteiger partial charge on any atom is -0.475 e. The maximum Gasteiger partial charge on any atom is 0.152 e. The van der Waals surface area contributed by atoms with E-state index in [0.29, 0.717) is 12.8 Å². The van der Waals surface area contributed by atoms with Crippen molar-refractivity contribution in [3.8, 4) is 5.75 Å². The first kappa shape index (κ1) is 14.0. The molecular formula is C21H20N2O. The van der Waals surface area contributed by atoms with Crippen LogP contribution in [0.5, 0.6) is 5.75 Å². The predicted molar refractivity (Wildman–Crippen MR) is 95.0 cm³/mol. The van der Waals surface area contributed by atoms with Crippen LogP contribution in [0.4, 0.5) is 0 Å². The number of pyridine rings is 1. The van der Waals surface area contributed by atoms with Crippen LogP contribution in [0.15, 0.2) is 54.7 Å². The molecule has 3 heteroatoms. The lowest BCUT2D eigenvalue weighted by Crippen LogP contribution is -2.43. The highest BCUT2D eigenvalue weighted by molar-refractivity contribution is 5.85. The average Bonchev–Trinajstić information content (AvgIpc) is 2.67. The van der Waals surface area contributed by atoms with Crippen molar-refractivity contribution in [1.29, 1.82) is 0 Å². The van der Waals surface area contributed by atoms with Gasteiger partial charge in [-0.3, -0.25) is 9.88 Å². The molecular weight excluding hydrogens is 296 g/mol. The molecule has 0 saturated heterocycles. The van der Waals surface area contributed by atoms with Gasteiger partial charge in [0.1, 0.15) is 12.2 Å². The van der Waals surface area contributed by atoms with Crippen LogP contribution in [-0.2, 0) is 19.4 Å². The van der Waals surface area contributed by atoms with Gasteiger partial charge in [-0.05, 0) is 36.5 Å². The van der Waals surface area contributed by atoms with E-state index >= 15 is 0 Å². The van der Waals surface area contributed by atoms with Gasteiger partial charge in [-0.2, -0.15) is 0 Å². The molecule has 2 aromatic carbocycles. The summed E-state index contributed by atoms with van der Waals surface area (Å²) in [6.45, 7) is 1.62. The molecule has 2 aliphatic rings. The highest BCUT2D eigenvalue weighted by Gasteiger charge is 2.28. The molecule has 1 aliphatic heterocycles. The summed E-state index contributed by atoms with van der Waals surface area (Å²) in [4.78, 5) is 7.00. The summed E-state index contributed by atoms with van der Waals surface area (Å²) in [6.07, 6.45) is 5.35.